The third kappa shape index (κ3) is 2.30. The summed E-state index contributed by atoms with van der Waals surface area (Å²) in [4.78, 5) is 4.70. The van der Waals surface area contributed by atoms with Gasteiger partial charge < -0.3 is 4.57 Å². The van der Waals surface area contributed by atoms with Crippen molar-refractivity contribution >= 4 is 27.0 Å². The van der Waals surface area contributed by atoms with E-state index in [1.54, 1.807) is 0 Å². The van der Waals surface area contributed by atoms with Crippen molar-refractivity contribution in [2.24, 2.45) is 0 Å². The van der Waals surface area contributed by atoms with Crippen molar-refractivity contribution in [3.63, 3.8) is 0 Å². The van der Waals surface area contributed by atoms with Gasteiger partial charge >= 0.3 is 0 Å². The second-order valence-corrected chi connectivity index (χ2v) is 5.40. The summed E-state index contributed by atoms with van der Waals surface area (Å²) in [6.45, 7) is 3.00. The fraction of sp³-hybridized carbons (Fsp3) is 0.188. The number of fused-ring (bicyclic) bond motifs is 1. The molecule has 0 saturated carbocycles. The number of rotatable bonds is 3. The van der Waals surface area contributed by atoms with Crippen LogP contribution in [0.5, 0.6) is 0 Å². The second-order valence-electron chi connectivity index (χ2n) is 4.55. The maximum atomic E-state index is 4.70. The zero-order valence-electron chi connectivity index (χ0n) is 10.8. The van der Waals surface area contributed by atoms with Gasteiger partial charge in [0.1, 0.15) is 5.82 Å². The lowest BCUT2D eigenvalue weighted by molar-refractivity contribution is 0.751. The highest BCUT2D eigenvalue weighted by Gasteiger charge is 2.10. The van der Waals surface area contributed by atoms with Crippen LogP contribution in [0.3, 0.4) is 0 Å². The highest BCUT2D eigenvalue weighted by Crippen LogP contribution is 2.22. The normalized spacial score (nSPS) is 11.1. The Morgan fingerprint density at radius 3 is 2.58 bits per heavy atom. The van der Waals surface area contributed by atoms with Gasteiger partial charge in [0.2, 0.25) is 0 Å². The Kier molecular flexibility index (Phi) is 3.38. The molecule has 96 valence electrons. The lowest BCUT2D eigenvalue weighted by atomic mass is 10.2. The molecule has 2 aromatic carbocycles. The monoisotopic (exact) mass is 314 g/mol. The van der Waals surface area contributed by atoms with Gasteiger partial charge in [0, 0.05) is 10.9 Å². The number of aryl methyl sites for hydroxylation is 1. The molecule has 3 aromatic rings. The van der Waals surface area contributed by atoms with Gasteiger partial charge in [-0.15, -0.1) is 0 Å². The van der Waals surface area contributed by atoms with Gasteiger partial charge in [-0.3, -0.25) is 0 Å². The van der Waals surface area contributed by atoms with Gasteiger partial charge in [0.25, 0.3) is 0 Å². The molecule has 0 unspecified atom stereocenters. The number of hydrogen-bond acceptors (Lipinski definition) is 1. The lowest BCUT2D eigenvalue weighted by Gasteiger charge is -2.09. The molecular formula is C16H15BrN2. The van der Waals surface area contributed by atoms with E-state index in [0.717, 1.165) is 28.8 Å². The molecule has 0 amide bonds. The molecule has 0 aliphatic heterocycles. The number of halogens is 1. The third-order valence-electron chi connectivity index (χ3n) is 3.34. The first-order chi connectivity index (χ1) is 9.29. The van der Waals surface area contributed by atoms with Crippen LogP contribution in [0.25, 0.3) is 11.0 Å². The van der Waals surface area contributed by atoms with Crippen LogP contribution in [-0.2, 0) is 13.0 Å². The first kappa shape index (κ1) is 12.4. The van der Waals surface area contributed by atoms with Crippen molar-refractivity contribution in [3.8, 4) is 0 Å². The van der Waals surface area contributed by atoms with Crippen molar-refractivity contribution in [3.05, 3.63) is 64.4 Å². The maximum Gasteiger partial charge on any atom is 0.109 e. The fourth-order valence-electron chi connectivity index (χ4n) is 2.37. The van der Waals surface area contributed by atoms with E-state index in [2.05, 4.69) is 63.8 Å². The van der Waals surface area contributed by atoms with Crippen LogP contribution in [0.15, 0.2) is 53.0 Å². The van der Waals surface area contributed by atoms with Crippen molar-refractivity contribution in [1.29, 1.82) is 0 Å². The van der Waals surface area contributed by atoms with Gasteiger partial charge in [-0.25, -0.2) is 4.98 Å². The number of aromatic nitrogens is 2. The Morgan fingerprint density at radius 1 is 1.05 bits per heavy atom. The predicted octanol–water partition coefficient (Wildman–Crippen LogP) is 4.41. The molecule has 0 spiro atoms. The van der Waals surface area contributed by atoms with Crippen molar-refractivity contribution in [2.75, 3.05) is 0 Å². The Hall–Kier alpha value is -1.61. The molecule has 2 nitrogen and oxygen atoms in total. The first-order valence-corrected chi connectivity index (χ1v) is 7.26. The molecule has 0 aliphatic rings. The van der Waals surface area contributed by atoms with E-state index in [9.17, 15) is 0 Å². The number of imidazole rings is 1. The molecule has 0 saturated heterocycles. The zero-order valence-corrected chi connectivity index (χ0v) is 12.4. The number of benzene rings is 2. The minimum atomic E-state index is 0.852. The number of para-hydroxylation sites is 2. The van der Waals surface area contributed by atoms with E-state index < -0.39 is 0 Å². The Labute approximate surface area is 121 Å². The van der Waals surface area contributed by atoms with E-state index in [1.165, 1.54) is 11.1 Å². The van der Waals surface area contributed by atoms with Crippen LogP contribution >= 0.6 is 15.9 Å². The first-order valence-electron chi connectivity index (χ1n) is 6.47. The second kappa shape index (κ2) is 5.17. The highest BCUT2D eigenvalue weighted by molar-refractivity contribution is 9.10. The van der Waals surface area contributed by atoms with Crippen molar-refractivity contribution < 1.29 is 0 Å². The molecule has 0 fully saturated rings. The van der Waals surface area contributed by atoms with E-state index in [4.69, 9.17) is 4.98 Å². The fourth-order valence-corrected chi connectivity index (χ4v) is 2.78. The highest BCUT2D eigenvalue weighted by atomic mass is 79.9. The third-order valence-corrected chi connectivity index (χ3v) is 4.11. The molecule has 0 N–H and O–H groups in total. The van der Waals surface area contributed by atoms with Gasteiger partial charge in [-0.1, -0.05) is 53.2 Å². The van der Waals surface area contributed by atoms with E-state index in [1.807, 2.05) is 12.1 Å². The van der Waals surface area contributed by atoms with Gasteiger partial charge in [-0.05, 0) is 23.8 Å². The summed E-state index contributed by atoms with van der Waals surface area (Å²) in [5.74, 6) is 1.14. The summed E-state index contributed by atoms with van der Waals surface area (Å²) in [5.41, 5.74) is 3.56. The molecule has 3 heteroatoms. The summed E-state index contributed by atoms with van der Waals surface area (Å²) in [6, 6.07) is 16.7. The maximum absolute atomic E-state index is 4.70. The molecule has 0 aliphatic carbocycles. The van der Waals surface area contributed by atoms with E-state index >= 15 is 0 Å². The molecular weight excluding hydrogens is 300 g/mol. The van der Waals surface area contributed by atoms with Crippen LogP contribution < -0.4 is 0 Å². The summed E-state index contributed by atoms with van der Waals surface area (Å²) in [7, 11) is 0. The number of hydrogen-bond donors (Lipinski definition) is 0. The Bertz CT molecular complexity index is 716. The van der Waals surface area contributed by atoms with Gasteiger partial charge in [-0.2, -0.15) is 0 Å². The van der Waals surface area contributed by atoms with Gasteiger partial charge in [0.05, 0.1) is 17.6 Å². The summed E-state index contributed by atoms with van der Waals surface area (Å²) < 4.78 is 3.45. The van der Waals surface area contributed by atoms with Crippen molar-refractivity contribution in [1.82, 2.24) is 9.55 Å². The quantitative estimate of drug-likeness (QED) is 0.700. The van der Waals surface area contributed by atoms with Gasteiger partial charge in [0.15, 0.2) is 0 Å². The molecule has 1 heterocycles. The Morgan fingerprint density at radius 2 is 1.79 bits per heavy atom. The SMILES string of the molecule is CCc1nc2ccccc2n1Cc1ccccc1Br. The minimum absolute atomic E-state index is 0.852. The minimum Gasteiger partial charge on any atom is -0.323 e. The predicted molar refractivity (Wildman–Crippen MR) is 82.4 cm³/mol. The molecule has 0 radical (unpaired) electrons. The summed E-state index contributed by atoms with van der Waals surface area (Å²) in [5, 5.41) is 0. The topological polar surface area (TPSA) is 17.8 Å². The smallest absolute Gasteiger partial charge is 0.109 e. The molecule has 1 aromatic heterocycles. The van der Waals surface area contributed by atoms with Crippen LogP contribution in [0.2, 0.25) is 0 Å². The standard InChI is InChI=1S/C16H15BrN2/c1-2-16-18-14-9-5-6-10-15(14)19(16)11-12-7-3-4-8-13(12)17/h3-10H,2,11H2,1H3. The molecule has 0 atom stereocenters. The van der Waals surface area contributed by atoms with Crippen LogP contribution in [0.1, 0.15) is 18.3 Å². The summed E-state index contributed by atoms with van der Waals surface area (Å²) in [6.07, 6.45) is 0.944. The van der Waals surface area contributed by atoms with Crippen molar-refractivity contribution in [2.45, 2.75) is 19.9 Å². The molecule has 19 heavy (non-hydrogen) atoms. The average Bonchev–Trinajstić information content (AvgIpc) is 2.79. The van der Waals surface area contributed by atoms with E-state index in [-0.39, 0.29) is 0 Å². The van der Waals surface area contributed by atoms with E-state index in [0.29, 0.717) is 0 Å². The summed E-state index contributed by atoms with van der Waals surface area (Å²) >= 11 is 3.62. The van der Waals surface area contributed by atoms with Crippen LogP contribution in [0.4, 0.5) is 0 Å². The molecule has 0 bridgehead atoms. The average molecular weight is 315 g/mol. The van der Waals surface area contributed by atoms with Crippen LogP contribution in [0, 0.1) is 0 Å². The largest absolute Gasteiger partial charge is 0.323 e. The Balaban J connectivity index is 2.12. The molecule has 3 rings (SSSR count). The number of nitrogens with zero attached hydrogens (tertiary/aromatic N) is 2. The lowest BCUT2D eigenvalue weighted by Crippen LogP contribution is -2.04. The zero-order chi connectivity index (χ0) is 13.2. The van der Waals surface area contributed by atoms with Crippen LogP contribution in [-0.4, -0.2) is 9.55 Å².